The molecule has 4 nitrogen and oxygen atoms in total. The molecule has 0 saturated carbocycles. The molecule has 0 bridgehead atoms. The summed E-state index contributed by atoms with van der Waals surface area (Å²) in [5.41, 5.74) is 4.07. The molecule has 0 unspecified atom stereocenters. The molecule has 0 aromatic heterocycles. The predicted octanol–water partition coefficient (Wildman–Crippen LogP) is 4.55. The summed E-state index contributed by atoms with van der Waals surface area (Å²) in [4.78, 5) is 24.9. The van der Waals surface area contributed by atoms with E-state index in [1.807, 2.05) is 24.3 Å². The SMILES string of the molecule is CC(C)c1ccc(C(=O)O[C@@H](C)C(=O)N[C@@H]2CCCc3ccccc32)cc1. The molecule has 1 aliphatic rings. The molecule has 0 saturated heterocycles. The van der Waals surface area contributed by atoms with Crippen LogP contribution in [-0.2, 0) is 16.0 Å². The lowest BCUT2D eigenvalue weighted by Gasteiger charge is -2.27. The van der Waals surface area contributed by atoms with E-state index in [2.05, 4.69) is 31.3 Å². The fourth-order valence-electron chi connectivity index (χ4n) is 3.48. The number of esters is 1. The maximum absolute atomic E-state index is 12.5. The smallest absolute Gasteiger partial charge is 0.338 e. The van der Waals surface area contributed by atoms with Crippen molar-refractivity contribution in [1.82, 2.24) is 5.32 Å². The van der Waals surface area contributed by atoms with Crippen molar-refractivity contribution in [3.8, 4) is 0 Å². The highest BCUT2D eigenvalue weighted by atomic mass is 16.5. The van der Waals surface area contributed by atoms with Gasteiger partial charge >= 0.3 is 5.97 Å². The topological polar surface area (TPSA) is 55.4 Å². The van der Waals surface area contributed by atoms with Crippen LogP contribution in [0.25, 0.3) is 0 Å². The lowest BCUT2D eigenvalue weighted by Crippen LogP contribution is -2.39. The first-order chi connectivity index (χ1) is 13.0. The van der Waals surface area contributed by atoms with E-state index in [0.29, 0.717) is 11.5 Å². The van der Waals surface area contributed by atoms with Crippen molar-refractivity contribution >= 4 is 11.9 Å². The van der Waals surface area contributed by atoms with Crippen LogP contribution in [-0.4, -0.2) is 18.0 Å². The number of benzene rings is 2. The molecular formula is C23H27NO3. The molecule has 0 radical (unpaired) electrons. The highest BCUT2D eigenvalue weighted by Gasteiger charge is 2.25. The number of hydrogen-bond donors (Lipinski definition) is 1. The predicted molar refractivity (Wildman–Crippen MR) is 106 cm³/mol. The van der Waals surface area contributed by atoms with Gasteiger partial charge in [-0.3, -0.25) is 4.79 Å². The summed E-state index contributed by atoms with van der Waals surface area (Å²) >= 11 is 0. The van der Waals surface area contributed by atoms with Gasteiger partial charge in [-0.1, -0.05) is 50.2 Å². The molecule has 1 aliphatic carbocycles. The van der Waals surface area contributed by atoms with Gasteiger partial charge in [0.25, 0.3) is 5.91 Å². The molecule has 142 valence electrons. The number of aryl methyl sites for hydroxylation is 1. The molecule has 27 heavy (non-hydrogen) atoms. The van der Waals surface area contributed by atoms with Gasteiger partial charge in [0.15, 0.2) is 6.10 Å². The van der Waals surface area contributed by atoms with Crippen molar-refractivity contribution in [2.75, 3.05) is 0 Å². The second-order valence-corrected chi connectivity index (χ2v) is 7.48. The molecule has 1 amide bonds. The number of ether oxygens (including phenoxy) is 1. The monoisotopic (exact) mass is 365 g/mol. The summed E-state index contributed by atoms with van der Waals surface area (Å²) in [6, 6.07) is 15.5. The second-order valence-electron chi connectivity index (χ2n) is 7.48. The van der Waals surface area contributed by atoms with E-state index < -0.39 is 12.1 Å². The van der Waals surface area contributed by atoms with E-state index in [0.717, 1.165) is 24.8 Å². The number of fused-ring (bicyclic) bond motifs is 1. The molecular weight excluding hydrogens is 338 g/mol. The Morgan fingerprint density at radius 3 is 2.44 bits per heavy atom. The van der Waals surface area contributed by atoms with Gasteiger partial charge in [0.1, 0.15) is 0 Å². The van der Waals surface area contributed by atoms with Gasteiger partial charge in [0.2, 0.25) is 0 Å². The molecule has 4 heteroatoms. The fraction of sp³-hybridized carbons (Fsp3) is 0.391. The van der Waals surface area contributed by atoms with Crippen LogP contribution < -0.4 is 5.32 Å². The maximum Gasteiger partial charge on any atom is 0.338 e. The fourth-order valence-corrected chi connectivity index (χ4v) is 3.48. The lowest BCUT2D eigenvalue weighted by molar-refractivity contribution is -0.130. The Bertz CT molecular complexity index is 811. The average Bonchev–Trinajstić information content (AvgIpc) is 2.68. The van der Waals surface area contributed by atoms with Gasteiger partial charge in [-0.2, -0.15) is 0 Å². The van der Waals surface area contributed by atoms with E-state index in [4.69, 9.17) is 4.74 Å². The van der Waals surface area contributed by atoms with Crippen LogP contribution in [0.15, 0.2) is 48.5 Å². The highest BCUT2D eigenvalue weighted by molar-refractivity contribution is 5.92. The Morgan fingerprint density at radius 1 is 1.04 bits per heavy atom. The number of hydrogen-bond acceptors (Lipinski definition) is 3. The summed E-state index contributed by atoms with van der Waals surface area (Å²) < 4.78 is 5.38. The summed E-state index contributed by atoms with van der Waals surface area (Å²) in [5, 5.41) is 3.04. The van der Waals surface area contributed by atoms with E-state index in [1.54, 1.807) is 19.1 Å². The zero-order chi connectivity index (χ0) is 19.4. The Labute approximate surface area is 160 Å². The van der Waals surface area contributed by atoms with Crippen molar-refractivity contribution in [3.05, 3.63) is 70.8 Å². The first kappa shape index (κ1) is 19.2. The quantitative estimate of drug-likeness (QED) is 0.791. The Kier molecular flexibility index (Phi) is 5.94. The number of carbonyl (C=O) groups is 2. The third kappa shape index (κ3) is 4.57. The largest absolute Gasteiger partial charge is 0.449 e. The third-order valence-electron chi connectivity index (χ3n) is 5.15. The molecule has 2 aromatic carbocycles. The van der Waals surface area contributed by atoms with Crippen LogP contribution in [0.3, 0.4) is 0 Å². The van der Waals surface area contributed by atoms with Gasteiger partial charge in [-0.05, 0) is 60.9 Å². The molecule has 1 N–H and O–H groups in total. The van der Waals surface area contributed by atoms with Crippen LogP contribution >= 0.6 is 0 Å². The standard InChI is InChI=1S/C23H27NO3/c1-15(2)17-11-13-19(14-12-17)23(26)27-16(3)22(25)24-21-10-6-8-18-7-4-5-9-20(18)21/h4-5,7,9,11-16,21H,6,8,10H2,1-3H3,(H,24,25)/t16-,21+/m0/s1. The minimum absolute atomic E-state index is 0.0195. The van der Waals surface area contributed by atoms with Crippen LogP contribution in [0.5, 0.6) is 0 Å². The van der Waals surface area contributed by atoms with Gasteiger partial charge in [0, 0.05) is 0 Å². The van der Waals surface area contributed by atoms with Crippen molar-refractivity contribution < 1.29 is 14.3 Å². The van der Waals surface area contributed by atoms with Crippen LogP contribution in [0.4, 0.5) is 0 Å². The van der Waals surface area contributed by atoms with E-state index >= 15 is 0 Å². The number of carbonyl (C=O) groups excluding carboxylic acids is 2. The molecule has 0 aliphatic heterocycles. The first-order valence-electron chi connectivity index (χ1n) is 9.65. The zero-order valence-electron chi connectivity index (χ0n) is 16.2. The summed E-state index contributed by atoms with van der Waals surface area (Å²) in [7, 11) is 0. The zero-order valence-corrected chi connectivity index (χ0v) is 16.2. The minimum Gasteiger partial charge on any atom is -0.449 e. The van der Waals surface area contributed by atoms with Crippen molar-refractivity contribution in [2.24, 2.45) is 0 Å². The summed E-state index contributed by atoms with van der Waals surface area (Å²) in [6.45, 7) is 5.82. The van der Waals surface area contributed by atoms with Crippen LogP contribution in [0.2, 0.25) is 0 Å². The Balaban J connectivity index is 1.60. The van der Waals surface area contributed by atoms with Crippen molar-refractivity contribution in [2.45, 2.75) is 58.1 Å². The van der Waals surface area contributed by atoms with Gasteiger partial charge in [0.05, 0.1) is 11.6 Å². The van der Waals surface area contributed by atoms with Crippen LogP contribution in [0.1, 0.15) is 72.6 Å². The first-order valence-corrected chi connectivity index (χ1v) is 9.65. The molecule has 0 fully saturated rings. The average molecular weight is 365 g/mol. The number of nitrogens with one attached hydrogen (secondary N) is 1. The highest BCUT2D eigenvalue weighted by Crippen LogP contribution is 2.29. The molecule has 2 atom stereocenters. The maximum atomic E-state index is 12.5. The van der Waals surface area contributed by atoms with Gasteiger partial charge in [-0.15, -0.1) is 0 Å². The Hall–Kier alpha value is -2.62. The van der Waals surface area contributed by atoms with E-state index in [9.17, 15) is 9.59 Å². The number of rotatable bonds is 5. The van der Waals surface area contributed by atoms with E-state index in [-0.39, 0.29) is 11.9 Å². The van der Waals surface area contributed by atoms with Crippen molar-refractivity contribution in [1.29, 1.82) is 0 Å². The molecule has 3 rings (SSSR count). The van der Waals surface area contributed by atoms with Gasteiger partial charge < -0.3 is 10.1 Å². The molecule has 0 spiro atoms. The third-order valence-corrected chi connectivity index (χ3v) is 5.15. The summed E-state index contributed by atoms with van der Waals surface area (Å²) in [6.07, 6.45) is 2.15. The van der Waals surface area contributed by atoms with Crippen LogP contribution in [0, 0.1) is 0 Å². The van der Waals surface area contributed by atoms with Gasteiger partial charge in [-0.25, -0.2) is 4.79 Å². The van der Waals surface area contributed by atoms with E-state index in [1.165, 1.54) is 11.1 Å². The van der Waals surface area contributed by atoms with Crippen molar-refractivity contribution in [3.63, 3.8) is 0 Å². The normalized spacial score (nSPS) is 17.1. The Morgan fingerprint density at radius 2 is 1.74 bits per heavy atom. The number of amides is 1. The molecule has 2 aromatic rings. The molecule has 0 heterocycles. The minimum atomic E-state index is -0.837. The summed E-state index contributed by atoms with van der Waals surface area (Å²) in [5.74, 6) is -0.334. The lowest BCUT2D eigenvalue weighted by atomic mass is 9.87. The second kappa shape index (κ2) is 8.38.